The predicted octanol–water partition coefficient (Wildman–Crippen LogP) is 3.33. The van der Waals surface area contributed by atoms with E-state index in [2.05, 4.69) is 13.8 Å². The van der Waals surface area contributed by atoms with E-state index in [1.165, 1.54) is 0 Å². The average Bonchev–Trinajstić information content (AvgIpc) is 2.73. The lowest BCUT2D eigenvalue weighted by Gasteiger charge is -2.18. The number of ether oxygens (including phenoxy) is 2. The van der Waals surface area contributed by atoms with Crippen LogP contribution in [0.25, 0.3) is 11.0 Å². The van der Waals surface area contributed by atoms with E-state index in [1.54, 1.807) is 0 Å². The minimum Gasteiger partial charge on any atom is -0.486 e. The van der Waals surface area contributed by atoms with Crippen molar-refractivity contribution in [1.82, 2.24) is 0 Å². The first-order valence-electron chi connectivity index (χ1n) is 5.58. The Bertz CT molecular complexity index is 525. The van der Waals surface area contributed by atoms with Gasteiger partial charge in [0.1, 0.15) is 24.6 Å². The number of hydrogen-bond donors (Lipinski definition) is 0. The van der Waals surface area contributed by atoms with E-state index in [-0.39, 0.29) is 0 Å². The van der Waals surface area contributed by atoms with E-state index in [4.69, 9.17) is 13.9 Å². The van der Waals surface area contributed by atoms with Gasteiger partial charge in [-0.05, 0) is 18.2 Å². The Morgan fingerprint density at radius 3 is 2.75 bits per heavy atom. The fourth-order valence-corrected chi connectivity index (χ4v) is 1.93. The van der Waals surface area contributed by atoms with Gasteiger partial charge in [0.15, 0.2) is 11.5 Å². The highest BCUT2D eigenvalue weighted by Crippen LogP contribution is 2.40. The fraction of sp³-hybridized carbons (Fsp3) is 0.385. The second-order valence-electron chi connectivity index (χ2n) is 4.31. The molecule has 0 unspecified atom stereocenters. The van der Waals surface area contributed by atoms with Gasteiger partial charge in [0.25, 0.3) is 0 Å². The first-order chi connectivity index (χ1) is 7.75. The van der Waals surface area contributed by atoms with Crippen molar-refractivity contribution in [1.29, 1.82) is 0 Å². The molecule has 16 heavy (non-hydrogen) atoms. The van der Waals surface area contributed by atoms with Crippen LogP contribution in [0.4, 0.5) is 0 Å². The highest BCUT2D eigenvalue weighted by atomic mass is 16.6. The molecule has 0 fully saturated rings. The molecule has 3 heteroatoms. The second-order valence-corrected chi connectivity index (χ2v) is 4.31. The molecule has 0 saturated heterocycles. The fourth-order valence-electron chi connectivity index (χ4n) is 1.93. The summed E-state index contributed by atoms with van der Waals surface area (Å²) in [5, 5.41) is 1.01. The Labute approximate surface area is 94.0 Å². The molecular formula is C13H14O3. The lowest BCUT2D eigenvalue weighted by Crippen LogP contribution is -2.15. The van der Waals surface area contributed by atoms with Crippen LogP contribution in [0.3, 0.4) is 0 Å². The predicted molar refractivity (Wildman–Crippen MR) is 61.3 cm³/mol. The Hall–Kier alpha value is -1.64. The average molecular weight is 218 g/mol. The maximum atomic E-state index is 5.76. The summed E-state index contributed by atoms with van der Waals surface area (Å²) in [6, 6.07) is 5.90. The second kappa shape index (κ2) is 3.44. The van der Waals surface area contributed by atoms with Gasteiger partial charge in [-0.1, -0.05) is 13.8 Å². The van der Waals surface area contributed by atoms with Gasteiger partial charge in [-0.3, -0.25) is 0 Å². The van der Waals surface area contributed by atoms with Crippen molar-refractivity contribution in [2.75, 3.05) is 13.2 Å². The molecule has 1 aromatic carbocycles. The molecule has 0 amide bonds. The quantitative estimate of drug-likeness (QED) is 0.735. The van der Waals surface area contributed by atoms with Crippen LogP contribution >= 0.6 is 0 Å². The smallest absolute Gasteiger partial charge is 0.172 e. The molecule has 1 aliphatic rings. The summed E-state index contributed by atoms with van der Waals surface area (Å²) in [5.74, 6) is 3.00. The van der Waals surface area contributed by atoms with Gasteiger partial charge in [-0.2, -0.15) is 0 Å². The monoisotopic (exact) mass is 218 g/mol. The summed E-state index contributed by atoms with van der Waals surface area (Å²) in [7, 11) is 0. The highest BCUT2D eigenvalue weighted by Gasteiger charge is 2.18. The first-order valence-corrected chi connectivity index (χ1v) is 5.58. The molecule has 2 heterocycles. The molecule has 3 rings (SSSR count). The molecule has 0 saturated carbocycles. The van der Waals surface area contributed by atoms with Crippen LogP contribution in [0.15, 0.2) is 22.6 Å². The normalized spacial score (nSPS) is 14.7. The number of hydrogen-bond acceptors (Lipinski definition) is 3. The minimum atomic E-state index is 0.382. The Morgan fingerprint density at radius 2 is 1.94 bits per heavy atom. The molecule has 0 N–H and O–H groups in total. The van der Waals surface area contributed by atoms with Gasteiger partial charge in [-0.15, -0.1) is 0 Å². The summed E-state index contributed by atoms with van der Waals surface area (Å²) in [6.45, 7) is 5.45. The summed E-state index contributed by atoms with van der Waals surface area (Å²) in [4.78, 5) is 0. The minimum absolute atomic E-state index is 0.382. The summed E-state index contributed by atoms with van der Waals surface area (Å²) in [5.41, 5.74) is 0.868. The number of furan rings is 1. The highest BCUT2D eigenvalue weighted by molar-refractivity contribution is 5.87. The Kier molecular flexibility index (Phi) is 2.06. The zero-order valence-electron chi connectivity index (χ0n) is 9.45. The Balaban J connectivity index is 2.22. The zero-order chi connectivity index (χ0) is 11.1. The maximum absolute atomic E-state index is 5.76. The molecule has 0 aliphatic carbocycles. The third kappa shape index (κ3) is 1.35. The number of rotatable bonds is 1. The van der Waals surface area contributed by atoms with Crippen LogP contribution in [0.1, 0.15) is 25.5 Å². The van der Waals surface area contributed by atoms with Gasteiger partial charge in [0, 0.05) is 5.92 Å². The molecular weight excluding hydrogens is 204 g/mol. The van der Waals surface area contributed by atoms with Gasteiger partial charge >= 0.3 is 0 Å². The van der Waals surface area contributed by atoms with Gasteiger partial charge in [0.05, 0.1) is 5.39 Å². The number of fused-ring (bicyclic) bond motifs is 3. The SMILES string of the molecule is CC(C)c1cc2c3c(ccc2o1)OCCO3. The molecule has 1 aromatic heterocycles. The van der Waals surface area contributed by atoms with Crippen molar-refractivity contribution >= 4 is 11.0 Å². The lowest BCUT2D eigenvalue weighted by atomic mass is 10.1. The molecule has 0 spiro atoms. The Morgan fingerprint density at radius 1 is 1.12 bits per heavy atom. The van der Waals surface area contributed by atoms with E-state index in [1.807, 2.05) is 18.2 Å². The number of benzene rings is 1. The van der Waals surface area contributed by atoms with Crippen LogP contribution in [0.5, 0.6) is 11.5 Å². The van der Waals surface area contributed by atoms with E-state index in [9.17, 15) is 0 Å². The van der Waals surface area contributed by atoms with Crippen LogP contribution < -0.4 is 9.47 Å². The summed E-state index contributed by atoms with van der Waals surface area (Å²) < 4.78 is 16.9. The standard InChI is InChI=1S/C13H14O3/c1-8(2)12-7-9-10(16-12)3-4-11-13(9)15-6-5-14-11/h3-4,7-8H,5-6H2,1-2H3. The summed E-state index contributed by atoms with van der Waals surface area (Å²) in [6.07, 6.45) is 0. The molecule has 2 aromatic rings. The van der Waals surface area contributed by atoms with Crippen LogP contribution in [0.2, 0.25) is 0 Å². The summed E-state index contributed by atoms with van der Waals surface area (Å²) >= 11 is 0. The van der Waals surface area contributed by atoms with E-state index >= 15 is 0 Å². The van der Waals surface area contributed by atoms with Crippen molar-refractivity contribution in [3.8, 4) is 11.5 Å². The van der Waals surface area contributed by atoms with Crippen LogP contribution in [0, 0.1) is 0 Å². The molecule has 84 valence electrons. The van der Waals surface area contributed by atoms with Crippen molar-refractivity contribution in [3.63, 3.8) is 0 Å². The van der Waals surface area contributed by atoms with E-state index in [0.29, 0.717) is 19.1 Å². The van der Waals surface area contributed by atoms with Crippen LogP contribution in [-0.2, 0) is 0 Å². The molecule has 3 nitrogen and oxygen atoms in total. The van der Waals surface area contributed by atoms with E-state index < -0.39 is 0 Å². The van der Waals surface area contributed by atoms with Crippen molar-refractivity contribution in [2.45, 2.75) is 19.8 Å². The maximum Gasteiger partial charge on any atom is 0.172 e. The van der Waals surface area contributed by atoms with Gasteiger partial charge in [-0.25, -0.2) is 0 Å². The molecule has 1 aliphatic heterocycles. The molecule has 0 atom stereocenters. The van der Waals surface area contributed by atoms with Gasteiger partial charge in [0.2, 0.25) is 0 Å². The van der Waals surface area contributed by atoms with Crippen LogP contribution in [-0.4, -0.2) is 13.2 Å². The third-order valence-electron chi connectivity index (χ3n) is 2.79. The first kappa shape index (κ1) is 9.58. The molecule has 0 bridgehead atoms. The largest absolute Gasteiger partial charge is 0.486 e. The van der Waals surface area contributed by atoms with Crippen molar-refractivity contribution in [2.24, 2.45) is 0 Å². The van der Waals surface area contributed by atoms with Crippen molar-refractivity contribution < 1.29 is 13.9 Å². The topological polar surface area (TPSA) is 31.6 Å². The van der Waals surface area contributed by atoms with Crippen molar-refractivity contribution in [3.05, 3.63) is 24.0 Å². The lowest BCUT2D eigenvalue weighted by molar-refractivity contribution is 0.174. The zero-order valence-corrected chi connectivity index (χ0v) is 9.45. The third-order valence-corrected chi connectivity index (χ3v) is 2.79. The van der Waals surface area contributed by atoms with E-state index in [0.717, 1.165) is 28.2 Å². The molecule has 0 radical (unpaired) electrons. The van der Waals surface area contributed by atoms with Gasteiger partial charge < -0.3 is 13.9 Å².